The molecule has 3 N–H and O–H groups in total. The first-order chi connectivity index (χ1) is 7.63. The number of nitrogens with one attached hydrogen (secondary N) is 3. The van der Waals surface area contributed by atoms with Crippen LogP contribution in [0.4, 0.5) is 0 Å². The highest BCUT2D eigenvalue weighted by Gasteiger charge is 2.13. The van der Waals surface area contributed by atoms with Crippen LogP contribution in [0.5, 0.6) is 0 Å². The number of hydrogen-bond acceptors (Lipinski definition) is 3. The molecule has 0 saturated heterocycles. The summed E-state index contributed by atoms with van der Waals surface area (Å²) in [6.07, 6.45) is 4.40. The molecule has 1 aromatic heterocycles. The summed E-state index contributed by atoms with van der Waals surface area (Å²) in [4.78, 5) is 18.7. The summed E-state index contributed by atoms with van der Waals surface area (Å²) in [5, 5.41) is 6.04. The molecule has 5 nitrogen and oxygen atoms in total. The van der Waals surface area contributed by atoms with Crippen LogP contribution in [0.25, 0.3) is 0 Å². The van der Waals surface area contributed by atoms with Crippen molar-refractivity contribution >= 4 is 5.91 Å². The van der Waals surface area contributed by atoms with Crippen LogP contribution >= 0.6 is 0 Å². The van der Waals surface area contributed by atoms with E-state index in [1.165, 1.54) is 0 Å². The molecule has 0 bridgehead atoms. The molecule has 1 rings (SSSR count). The summed E-state index contributed by atoms with van der Waals surface area (Å²) < 4.78 is 0. The number of hydrogen-bond donors (Lipinski definition) is 3. The van der Waals surface area contributed by atoms with Crippen LogP contribution in [-0.2, 0) is 11.3 Å². The summed E-state index contributed by atoms with van der Waals surface area (Å²) in [7, 11) is 0. The van der Waals surface area contributed by atoms with Gasteiger partial charge in [0.1, 0.15) is 5.82 Å². The predicted molar refractivity (Wildman–Crippen MR) is 62.8 cm³/mol. The zero-order chi connectivity index (χ0) is 12.0. The second kappa shape index (κ2) is 6.27. The molecule has 1 aromatic rings. The molecule has 1 heterocycles. The van der Waals surface area contributed by atoms with Crippen molar-refractivity contribution in [2.45, 2.75) is 45.8 Å². The van der Waals surface area contributed by atoms with Crippen LogP contribution in [0.15, 0.2) is 12.4 Å². The van der Waals surface area contributed by atoms with Crippen LogP contribution < -0.4 is 10.6 Å². The Balaban J connectivity index is 2.29. The van der Waals surface area contributed by atoms with Gasteiger partial charge in [0, 0.05) is 18.4 Å². The quantitative estimate of drug-likeness (QED) is 0.669. The molecule has 0 aliphatic rings. The fraction of sp³-hybridized carbons (Fsp3) is 0.636. The van der Waals surface area contributed by atoms with Gasteiger partial charge in [0.2, 0.25) is 5.91 Å². The van der Waals surface area contributed by atoms with Crippen molar-refractivity contribution in [2.24, 2.45) is 0 Å². The van der Waals surface area contributed by atoms with Gasteiger partial charge in [0.05, 0.1) is 12.6 Å². The van der Waals surface area contributed by atoms with Crippen molar-refractivity contribution in [2.75, 3.05) is 0 Å². The van der Waals surface area contributed by atoms with Gasteiger partial charge in [-0.2, -0.15) is 0 Å². The van der Waals surface area contributed by atoms with Gasteiger partial charge in [-0.25, -0.2) is 4.98 Å². The van der Waals surface area contributed by atoms with Crippen LogP contribution in [-0.4, -0.2) is 28.0 Å². The van der Waals surface area contributed by atoms with Crippen LogP contribution in [0, 0.1) is 0 Å². The molecule has 90 valence electrons. The van der Waals surface area contributed by atoms with E-state index >= 15 is 0 Å². The average molecular weight is 224 g/mol. The number of amides is 1. The molecule has 2 unspecified atom stereocenters. The maximum atomic E-state index is 11.7. The van der Waals surface area contributed by atoms with Crippen LogP contribution in [0.2, 0.25) is 0 Å². The smallest absolute Gasteiger partial charge is 0.237 e. The first-order valence-electron chi connectivity index (χ1n) is 5.65. The second-order valence-corrected chi connectivity index (χ2v) is 3.96. The van der Waals surface area contributed by atoms with E-state index in [2.05, 4.69) is 20.6 Å². The van der Waals surface area contributed by atoms with E-state index in [4.69, 9.17) is 0 Å². The summed E-state index contributed by atoms with van der Waals surface area (Å²) in [6, 6.07) is 0.0134. The standard InChI is InChI=1S/C11H20N4O/c1-4-8(2)15-11(16)9(3)14-7-10-12-5-6-13-10/h5-6,8-9,14H,4,7H2,1-3H3,(H,12,13)(H,15,16). The van der Waals surface area contributed by atoms with Crippen molar-refractivity contribution < 1.29 is 4.79 Å². The van der Waals surface area contributed by atoms with Crippen LogP contribution in [0.3, 0.4) is 0 Å². The molecule has 0 fully saturated rings. The Hall–Kier alpha value is -1.36. The normalized spacial score (nSPS) is 14.4. The fourth-order valence-corrected chi connectivity index (χ4v) is 1.21. The summed E-state index contributed by atoms with van der Waals surface area (Å²) in [5.41, 5.74) is 0. The number of nitrogens with zero attached hydrogens (tertiary/aromatic N) is 1. The van der Waals surface area contributed by atoms with E-state index in [0.717, 1.165) is 12.2 Å². The minimum Gasteiger partial charge on any atom is -0.352 e. The Kier molecular flexibility index (Phi) is 4.98. The van der Waals surface area contributed by atoms with Crippen LogP contribution in [0.1, 0.15) is 33.0 Å². The molecule has 5 heteroatoms. The van der Waals surface area contributed by atoms with E-state index in [-0.39, 0.29) is 18.0 Å². The minimum absolute atomic E-state index is 0.0286. The lowest BCUT2D eigenvalue weighted by Crippen LogP contribution is -2.45. The average Bonchev–Trinajstić information content (AvgIpc) is 2.78. The number of H-pyrrole nitrogens is 1. The Morgan fingerprint density at radius 3 is 2.88 bits per heavy atom. The van der Waals surface area contributed by atoms with Crippen molar-refractivity contribution in [1.82, 2.24) is 20.6 Å². The van der Waals surface area contributed by atoms with Crippen molar-refractivity contribution in [3.63, 3.8) is 0 Å². The first-order valence-corrected chi connectivity index (χ1v) is 5.65. The lowest BCUT2D eigenvalue weighted by atomic mass is 10.2. The van der Waals surface area contributed by atoms with E-state index in [1.807, 2.05) is 20.8 Å². The molecule has 2 atom stereocenters. The van der Waals surface area contributed by atoms with Gasteiger partial charge in [-0.05, 0) is 20.3 Å². The van der Waals surface area contributed by atoms with E-state index in [0.29, 0.717) is 6.54 Å². The molecule has 0 spiro atoms. The lowest BCUT2D eigenvalue weighted by Gasteiger charge is -2.16. The fourth-order valence-electron chi connectivity index (χ4n) is 1.21. The summed E-state index contributed by atoms with van der Waals surface area (Å²) in [6.45, 7) is 6.46. The van der Waals surface area contributed by atoms with E-state index < -0.39 is 0 Å². The number of aromatic nitrogens is 2. The van der Waals surface area contributed by atoms with Gasteiger partial charge in [-0.15, -0.1) is 0 Å². The number of carbonyl (C=O) groups excluding carboxylic acids is 1. The third-order valence-corrected chi connectivity index (χ3v) is 2.52. The predicted octanol–water partition coefficient (Wildman–Crippen LogP) is 0.802. The second-order valence-electron chi connectivity index (χ2n) is 3.96. The Labute approximate surface area is 96.0 Å². The summed E-state index contributed by atoms with van der Waals surface area (Å²) in [5.74, 6) is 0.865. The van der Waals surface area contributed by atoms with Crippen molar-refractivity contribution in [1.29, 1.82) is 0 Å². The lowest BCUT2D eigenvalue weighted by molar-refractivity contribution is -0.123. The number of aromatic amines is 1. The van der Waals surface area contributed by atoms with E-state index in [9.17, 15) is 4.79 Å². The molecule has 16 heavy (non-hydrogen) atoms. The maximum Gasteiger partial charge on any atom is 0.237 e. The molecule has 1 amide bonds. The minimum atomic E-state index is -0.209. The van der Waals surface area contributed by atoms with Gasteiger partial charge in [0.15, 0.2) is 0 Å². The number of carbonyl (C=O) groups is 1. The van der Waals surface area contributed by atoms with Crippen molar-refractivity contribution in [3.05, 3.63) is 18.2 Å². The largest absolute Gasteiger partial charge is 0.352 e. The third-order valence-electron chi connectivity index (χ3n) is 2.52. The van der Waals surface area contributed by atoms with E-state index in [1.54, 1.807) is 12.4 Å². The van der Waals surface area contributed by atoms with Gasteiger partial charge >= 0.3 is 0 Å². The van der Waals surface area contributed by atoms with Crippen molar-refractivity contribution in [3.8, 4) is 0 Å². The van der Waals surface area contributed by atoms with Gasteiger partial charge in [0.25, 0.3) is 0 Å². The molecular formula is C11H20N4O. The third kappa shape index (κ3) is 4.02. The molecule has 0 saturated carbocycles. The monoisotopic (exact) mass is 224 g/mol. The summed E-state index contributed by atoms with van der Waals surface area (Å²) >= 11 is 0. The number of imidazole rings is 1. The highest BCUT2D eigenvalue weighted by molar-refractivity contribution is 5.81. The highest BCUT2D eigenvalue weighted by atomic mass is 16.2. The molecule has 0 radical (unpaired) electrons. The van der Waals surface area contributed by atoms with Gasteiger partial charge in [-0.1, -0.05) is 6.92 Å². The molecule has 0 aliphatic heterocycles. The highest BCUT2D eigenvalue weighted by Crippen LogP contribution is 1.93. The molecule has 0 aromatic carbocycles. The molecule has 0 aliphatic carbocycles. The zero-order valence-corrected chi connectivity index (χ0v) is 10.1. The first kappa shape index (κ1) is 12.7. The van der Waals surface area contributed by atoms with Gasteiger partial charge < -0.3 is 10.3 Å². The Morgan fingerprint density at radius 2 is 2.31 bits per heavy atom. The van der Waals surface area contributed by atoms with Gasteiger partial charge in [-0.3, -0.25) is 10.1 Å². The zero-order valence-electron chi connectivity index (χ0n) is 10.1. The Morgan fingerprint density at radius 1 is 1.56 bits per heavy atom. The Bertz CT molecular complexity index is 310. The molecular weight excluding hydrogens is 204 g/mol. The topological polar surface area (TPSA) is 69.8 Å². The SMILES string of the molecule is CCC(C)NC(=O)C(C)NCc1ncc[nH]1. The maximum absolute atomic E-state index is 11.7. The number of rotatable bonds is 6.